The molecule has 4 aliphatic carbocycles. The molecule has 4 aliphatic rings. The Morgan fingerprint density at radius 1 is 0.423 bits per heavy atom. The molecule has 0 spiro atoms. The van der Waals surface area contributed by atoms with Gasteiger partial charge in [-0.15, -0.1) is 0 Å². The van der Waals surface area contributed by atoms with Gasteiger partial charge in [-0.25, -0.2) is 0 Å². The maximum Gasteiger partial charge on any atom is -1.00 e. The summed E-state index contributed by atoms with van der Waals surface area (Å²) >= 11 is -4.32. The number of benzene rings is 9. The molecule has 0 heterocycles. The van der Waals surface area contributed by atoms with Crippen molar-refractivity contribution in [2.24, 2.45) is 5.41 Å². The quantitative estimate of drug-likeness (QED) is 0.151. The topological polar surface area (TPSA) is 0 Å². The zero-order valence-corrected chi connectivity index (χ0v) is 55.0. The first-order chi connectivity index (χ1) is 35.9. The molecule has 9 aromatic rings. The zero-order valence-electron chi connectivity index (χ0n) is 46.0. The van der Waals surface area contributed by atoms with Gasteiger partial charge in [-0.05, 0) is 0 Å². The van der Waals surface area contributed by atoms with E-state index >= 15 is 0 Å². The van der Waals surface area contributed by atoms with Crippen molar-refractivity contribution in [2.45, 2.75) is 76.1 Å². The third kappa shape index (κ3) is 10.5. The summed E-state index contributed by atoms with van der Waals surface area (Å²) in [4.78, 5) is 0. The molecule has 13 rings (SSSR count). The molecule has 390 valence electrons. The van der Waals surface area contributed by atoms with Gasteiger partial charge in [0.25, 0.3) is 0 Å². The summed E-state index contributed by atoms with van der Waals surface area (Å²) in [6.07, 6.45) is 7.80. The van der Waals surface area contributed by atoms with Gasteiger partial charge in [0.15, 0.2) is 0 Å². The van der Waals surface area contributed by atoms with E-state index < -0.39 is 47.1 Å². The van der Waals surface area contributed by atoms with Gasteiger partial charge in [0.05, 0.1) is 0 Å². The van der Waals surface area contributed by atoms with Crippen LogP contribution in [0.4, 0.5) is 0 Å². The number of allylic oxidation sites excluding steroid dienone is 4. The Labute approximate surface area is 504 Å². The molecule has 0 fully saturated rings. The maximum absolute atomic E-state index is 2.68. The molecule has 3 atom stereocenters. The first kappa shape index (κ1) is 59.8. The molecule has 0 amide bonds. The van der Waals surface area contributed by atoms with Crippen molar-refractivity contribution < 1.29 is 91.3 Å². The summed E-state index contributed by atoms with van der Waals surface area (Å²) in [6.45, 7) is 22.1. The fraction of sp³-hybridized carbons (Fsp3) is 0.197. The Kier molecular flexibility index (Phi) is 18.8. The van der Waals surface area contributed by atoms with Crippen molar-refractivity contribution in [3.8, 4) is 33.4 Å². The molecule has 0 saturated carbocycles. The number of hydrogen-bond acceptors (Lipinski definition) is 0. The maximum atomic E-state index is 2.68. The van der Waals surface area contributed by atoms with Crippen molar-refractivity contribution in [3.05, 3.63) is 256 Å². The van der Waals surface area contributed by atoms with Gasteiger partial charge >= 0.3 is 460 Å². The molecule has 0 aromatic heterocycles. The van der Waals surface area contributed by atoms with Gasteiger partial charge in [-0.1, -0.05) is 0 Å². The predicted molar refractivity (Wildman–Crippen MR) is 316 cm³/mol. The van der Waals surface area contributed by atoms with Crippen LogP contribution in [0.5, 0.6) is 0 Å². The first-order valence-corrected chi connectivity index (χ1v) is 39.9. The fourth-order valence-corrected chi connectivity index (χ4v) is 43.3. The summed E-state index contributed by atoms with van der Waals surface area (Å²) in [6, 6.07) is 73.1. The summed E-state index contributed by atoms with van der Waals surface area (Å²) in [5.74, 6) is 0. The molecule has 3 unspecified atom stereocenters. The van der Waals surface area contributed by atoms with Crippen LogP contribution < -0.4 is 49.6 Å². The predicted octanol–water partition coefficient (Wildman–Crippen LogP) is 7.60. The van der Waals surface area contributed by atoms with Crippen LogP contribution in [0.2, 0.25) is 13.1 Å². The second kappa shape index (κ2) is 24.4. The van der Waals surface area contributed by atoms with Gasteiger partial charge in [-0.3, -0.25) is 0 Å². The van der Waals surface area contributed by atoms with Gasteiger partial charge in [0.1, 0.15) is 0 Å². The van der Waals surface area contributed by atoms with E-state index in [2.05, 4.69) is 274 Å². The van der Waals surface area contributed by atoms with Crippen LogP contribution in [0.15, 0.2) is 211 Å². The minimum atomic E-state index is -2.16. The monoisotopic (exact) mass is 1270 g/mol. The Bertz CT molecular complexity index is 3730. The fourth-order valence-electron chi connectivity index (χ4n) is 13.6. The van der Waals surface area contributed by atoms with Crippen molar-refractivity contribution in [1.29, 1.82) is 0 Å². The SMILES string of the molecule is CC1=Cc2c(-c3cccc4ccccc34)cccc2[CH]1[Zr+4]([CH]1C(C)=Cc2c(-c3cccc4ccccc34)cccc21)=[Si](C)C.C[C](C)=[Zr]([CH]1C=C(C(C)(C)C)c2ccccc21)[CH]1c2ccccc2-c2ccccc21.[Cl-].[Cl-].[Cl-].[Cl-]. The second-order valence-corrected chi connectivity index (χ2v) is 48.2. The van der Waals surface area contributed by atoms with E-state index in [0.29, 0.717) is 14.5 Å². The summed E-state index contributed by atoms with van der Waals surface area (Å²) in [7, 11) is 0. The summed E-state index contributed by atoms with van der Waals surface area (Å²) in [5, 5.41) is 5.31. The molecule has 0 nitrogen and oxygen atoms in total. The Morgan fingerprint density at radius 3 is 1.23 bits per heavy atom. The molecule has 0 N–H and O–H groups in total. The number of rotatable bonds is 6. The second-order valence-electron chi connectivity index (χ2n) is 22.7. The molecule has 0 radical (unpaired) electrons. The van der Waals surface area contributed by atoms with Crippen molar-refractivity contribution in [3.63, 3.8) is 0 Å². The van der Waals surface area contributed by atoms with Crippen LogP contribution in [0.3, 0.4) is 0 Å². The average molecular weight is 1270 g/mol. The third-order valence-corrected chi connectivity index (χ3v) is 45.3. The van der Waals surface area contributed by atoms with Crippen LogP contribution in [0.1, 0.15) is 107 Å². The van der Waals surface area contributed by atoms with Crippen LogP contribution in [-0.2, 0) is 41.6 Å². The van der Waals surface area contributed by atoms with Gasteiger partial charge in [0, 0.05) is 0 Å². The van der Waals surface area contributed by atoms with Crippen molar-refractivity contribution in [2.75, 3.05) is 0 Å². The molecule has 9 aromatic carbocycles. The van der Waals surface area contributed by atoms with E-state index in [0.717, 1.165) is 0 Å². The Hall–Kier alpha value is -4.27. The first-order valence-electron chi connectivity index (χ1n) is 26.8. The smallest absolute Gasteiger partial charge is 1.00 e. The third-order valence-electron chi connectivity index (χ3n) is 16.7. The number of halogens is 4. The van der Waals surface area contributed by atoms with E-state index in [9.17, 15) is 0 Å². The molecular weight excluding hydrogens is 1210 g/mol. The Balaban J connectivity index is 0.000000209. The Morgan fingerprint density at radius 2 is 0.782 bits per heavy atom. The molecule has 0 saturated heterocycles. The summed E-state index contributed by atoms with van der Waals surface area (Å²) < 4.78 is 4.14. The van der Waals surface area contributed by atoms with Gasteiger partial charge in [0.2, 0.25) is 0 Å². The number of hydrogen-bond donors (Lipinski definition) is 0. The molecule has 0 bridgehead atoms. The van der Waals surface area contributed by atoms with Crippen LogP contribution in [0, 0.1) is 5.41 Å². The average Bonchev–Trinajstić information content (AvgIpc) is 4.21. The molecule has 7 heteroatoms. The minimum Gasteiger partial charge on any atom is -1.00 e. The van der Waals surface area contributed by atoms with E-state index in [-0.39, 0.29) is 55.0 Å². The van der Waals surface area contributed by atoms with Gasteiger partial charge < -0.3 is 49.6 Å². The van der Waals surface area contributed by atoms with E-state index in [4.69, 9.17) is 0 Å². The van der Waals surface area contributed by atoms with Crippen LogP contribution in [-0.4, -0.2) is 8.64 Å². The van der Waals surface area contributed by atoms with Gasteiger partial charge in [-0.2, -0.15) is 0 Å². The van der Waals surface area contributed by atoms with E-state index in [1.54, 1.807) is 47.7 Å². The molecule has 78 heavy (non-hydrogen) atoms. The van der Waals surface area contributed by atoms with Crippen LogP contribution >= 0.6 is 0 Å². The molecular formula is C71H66Cl4SiZr2. The van der Waals surface area contributed by atoms with Crippen LogP contribution in [0.25, 0.3) is 72.7 Å². The minimum absolute atomic E-state index is 0. The summed E-state index contributed by atoms with van der Waals surface area (Å²) in [5.41, 5.74) is 25.2. The largest absolute Gasteiger partial charge is 1.00 e. The van der Waals surface area contributed by atoms with Crippen molar-refractivity contribution >= 4 is 47.9 Å². The number of fused-ring (bicyclic) bond motifs is 8. The zero-order chi connectivity index (χ0) is 51.0. The normalized spacial score (nSPS) is 16.4. The standard InChI is InChI=1S/2C20H15.C13H9.C13H15.C3H6.C2H6Si.4ClH.2Zr/c2*1-14-12-16-8-5-11-19(20(16)13-14)18-10-4-7-15-6-2-3-9-17(15)18;1-3-7-12-10(5-1)9-11-6-2-4-8-13(11)12;1-13(2,3)12-9-8-10-6-4-5-7-11(10)12;2*1-3-2;;;;;;/h2*2-13H,1H3;1-9H;4-9H,1-3H3;2*1-2H3;4*1H;;/q;;;;;;;;;;;+4/p-4. The molecule has 0 aliphatic heterocycles. The van der Waals surface area contributed by atoms with Crippen molar-refractivity contribution in [1.82, 2.24) is 0 Å². The van der Waals surface area contributed by atoms with E-state index in [1.165, 1.54) is 71.6 Å². The van der Waals surface area contributed by atoms with E-state index in [1.807, 2.05) is 0 Å².